The third-order valence-corrected chi connectivity index (χ3v) is 4.07. The molecule has 0 radical (unpaired) electrons. The first-order chi connectivity index (χ1) is 11.1. The number of fused-ring (bicyclic) bond motifs is 1. The Hall–Kier alpha value is -1.78. The molecule has 0 saturated heterocycles. The third kappa shape index (κ3) is 5.41. The predicted molar refractivity (Wildman–Crippen MR) is 92.6 cm³/mol. The van der Waals surface area contributed by atoms with Crippen molar-refractivity contribution < 1.29 is 14.6 Å². The van der Waals surface area contributed by atoms with Crippen molar-refractivity contribution in [2.24, 2.45) is 5.92 Å². The van der Waals surface area contributed by atoms with Crippen molar-refractivity contribution in [1.82, 2.24) is 5.32 Å². The first-order valence-electron chi connectivity index (χ1n) is 7.82. The summed E-state index contributed by atoms with van der Waals surface area (Å²) in [5.41, 5.74) is 1.83. The first kappa shape index (κ1) is 17.6. The quantitative estimate of drug-likeness (QED) is 0.752. The van der Waals surface area contributed by atoms with E-state index in [0.29, 0.717) is 30.5 Å². The summed E-state index contributed by atoms with van der Waals surface area (Å²) in [7, 11) is 0. The summed E-state index contributed by atoms with van der Waals surface area (Å²) in [4.78, 5) is 11.9. The zero-order valence-electron chi connectivity index (χ0n) is 13.2. The third-order valence-electron chi connectivity index (χ3n) is 3.84. The highest BCUT2D eigenvalue weighted by atomic mass is 35.5. The van der Waals surface area contributed by atoms with Crippen LogP contribution in [0.25, 0.3) is 6.08 Å². The monoisotopic (exact) mass is 335 g/mol. The maximum Gasteiger partial charge on any atom is 0.243 e. The zero-order valence-corrected chi connectivity index (χ0v) is 14.0. The van der Waals surface area contributed by atoms with E-state index in [2.05, 4.69) is 12.2 Å². The van der Waals surface area contributed by atoms with Crippen molar-refractivity contribution in [1.29, 1.82) is 0 Å². The molecule has 1 atom stereocenters. The van der Waals surface area contributed by atoms with E-state index in [-0.39, 0.29) is 12.5 Å². The fourth-order valence-electron chi connectivity index (χ4n) is 2.38. The van der Waals surface area contributed by atoms with Crippen LogP contribution in [0.5, 0.6) is 5.75 Å². The highest BCUT2D eigenvalue weighted by Gasteiger charge is 2.11. The molecular formula is C18H22ClNO3. The summed E-state index contributed by atoms with van der Waals surface area (Å²) in [6.07, 6.45) is 6.87. The average molecular weight is 336 g/mol. The number of aliphatic hydroxyl groups excluding tert-OH is 1. The van der Waals surface area contributed by atoms with Crippen LogP contribution in [0.3, 0.4) is 0 Å². The molecule has 2 N–H and O–H groups in total. The largest absolute Gasteiger partial charge is 0.488 e. The molecule has 0 aliphatic carbocycles. The Balaban J connectivity index is 1.91. The highest BCUT2D eigenvalue weighted by Crippen LogP contribution is 2.29. The van der Waals surface area contributed by atoms with Crippen LogP contribution in [0, 0.1) is 5.92 Å². The van der Waals surface area contributed by atoms with Crippen molar-refractivity contribution in [3.05, 3.63) is 46.5 Å². The van der Waals surface area contributed by atoms with Gasteiger partial charge in [-0.3, -0.25) is 4.79 Å². The maximum atomic E-state index is 11.9. The summed E-state index contributed by atoms with van der Waals surface area (Å²) < 4.78 is 5.63. The number of carbonyl (C=O) groups excluding carboxylic acids is 1. The van der Waals surface area contributed by atoms with E-state index in [4.69, 9.17) is 21.4 Å². The van der Waals surface area contributed by atoms with Gasteiger partial charge in [0.2, 0.25) is 5.91 Å². The van der Waals surface area contributed by atoms with Gasteiger partial charge in [-0.05, 0) is 42.2 Å². The molecule has 1 unspecified atom stereocenters. The van der Waals surface area contributed by atoms with Crippen molar-refractivity contribution in [3.8, 4) is 5.75 Å². The first-order valence-corrected chi connectivity index (χ1v) is 8.20. The SMILES string of the molecule is CCC(CCO)CNC(=O)/C=C/C1=Cc2cc(Cl)ccc2OC1. The lowest BCUT2D eigenvalue weighted by atomic mass is 10.0. The topological polar surface area (TPSA) is 58.6 Å². The number of carbonyl (C=O) groups is 1. The van der Waals surface area contributed by atoms with E-state index in [0.717, 1.165) is 23.3 Å². The summed E-state index contributed by atoms with van der Waals surface area (Å²) in [6.45, 7) is 3.21. The van der Waals surface area contributed by atoms with Gasteiger partial charge in [0.15, 0.2) is 0 Å². The van der Waals surface area contributed by atoms with Gasteiger partial charge >= 0.3 is 0 Å². The molecule has 1 aliphatic heterocycles. The molecule has 5 heteroatoms. The molecule has 0 bridgehead atoms. The number of rotatable bonds is 7. The molecule has 124 valence electrons. The van der Waals surface area contributed by atoms with Crippen molar-refractivity contribution in [2.75, 3.05) is 19.8 Å². The van der Waals surface area contributed by atoms with Gasteiger partial charge in [-0.1, -0.05) is 31.0 Å². The van der Waals surface area contributed by atoms with Crippen LogP contribution in [-0.4, -0.2) is 30.8 Å². The van der Waals surface area contributed by atoms with Crippen molar-refractivity contribution in [3.63, 3.8) is 0 Å². The number of aliphatic hydroxyl groups is 1. The number of halogens is 1. The molecule has 23 heavy (non-hydrogen) atoms. The van der Waals surface area contributed by atoms with Gasteiger partial charge in [-0.25, -0.2) is 0 Å². The van der Waals surface area contributed by atoms with Gasteiger partial charge in [0.1, 0.15) is 12.4 Å². The van der Waals surface area contributed by atoms with Gasteiger partial charge in [0.05, 0.1) is 0 Å². The Bertz CT molecular complexity index is 610. The number of ether oxygens (including phenoxy) is 1. The van der Waals surface area contributed by atoms with Crippen molar-refractivity contribution in [2.45, 2.75) is 19.8 Å². The minimum atomic E-state index is -0.140. The lowest BCUT2D eigenvalue weighted by Crippen LogP contribution is -2.28. The molecule has 1 heterocycles. The molecule has 1 aliphatic rings. The van der Waals surface area contributed by atoms with Gasteiger partial charge in [0, 0.05) is 29.8 Å². The van der Waals surface area contributed by atoms with Crippen LogP contribution in [0.1, 0.15) is 25.3 Å². The minimum Gasteiger partial charge on any atom is -0.488 e. The molecule has 0 saturated carbocycles. The number of benzene rings is 1. The van der Waals surface area contributed by atoms with Crippen LogP contribution < -0.4 is 10.1 Å². The Morgan fingerprint density at radius 3 is 3.09 bits per heavy atom. The Morgan fingerprint density at radius 1 is 1.52 bits per heavy atom. The van der Waals surface area contributed by atoms with E-state index in [9.17, 15) is 4.79 Å². The Morgan fingerprint density at radius 2 is 2.35 bits per heavy atom. The van der Waals surface area contributed by atoms with E-state index in [1.165, 1.54) is 6.08 Å². The summed E-state index contributed by atoms with van der Waals surface area (Å²) in [6, 6.07) is 5.47. The zero-order chi connectivity index (χ0) is 16.7. The summed E-state index contributed by atoms with van der Waals surface area (Å²) in [5.74, 6) is 0.966. The number of nitrogens with one attached hydrogen (secondary N) is 1. The lowest BCUT2D eigenvalue weighted by molar-refractivity contribution is -0.116. The van der Waals surface area contributed by atoms with Crippen LogP contribution in [0.15, 0.2) is 35.9 Å². The van der Waals surface area contributed by atoms with Crippen LogP contribution >= 0.6 is 11.6 Å². The van der Waals surface area contributed by atoms with Gasteiger partial charge in [0.25, 0.3) is 0 Å². The molecule has 2 rings (SSSR count). The van der Waals surface area contributed by atoms with Crippen molar-refractivity contribution >= 4 is 23.6 Å². The smallest absolute Gasteiger partial charge is 0.243 e. The second-order valence-electron chi connectivity index (χ2n) is 5.56. The molecule has 0 spiro atoms. The molecular weight excluding hydrogens is 314 g/mol. The average Bonchev–Trinajstić information content (AvgIpc) is 2.56. The summed E-state index contributed by atoms with van der Waals surface area (Å²) >= 11 is 5.98. The van der Waals surface area contributed by atoms with Gasteiger partial charge in [-0.15, -0.1) is 0 Å². The highest BCUT2D eigenvalue weighted by molar-refractivity contribution is 6.30. The van der Waals surface area contributed by atoms with Crippen LogP contribution in [-0.2, 0) is 4.79 Å². The number of hydrogen-bond donors (Lipinski definition) is 2. The lowest BCUT2D eigenvalue weighted by Gasteiger charge is -2.16. The van der Waals surface area contributed by atoms with E-state index in [1.807, 2.05) is 18.2 Å². The van der Waals surface area contributed by atoms with E-state index in [1.54, 1.807) is 12.1 Å². The molecule has 1 amide bonds. The van der Waals surface area contributed by atoms with Crippen LogP contribution in [0.4, 0.5) is 0 Å². The van der Waals surface area contributed by atoms with E-state index >= 15 is 0 Å². The maximum absolute atomic E-state index is 11.9. The number of amides is 1. The molecule has 1 aromatic rings. The van der Waals surface area contributed by atoms with Gasteiger partial charge < -0.3 is 15.2 Å². The summed E-state index contributed by atoms with van der Waals surface area (Å²) in [5, 5.41) is 12.5. The predicted octanol–water partition coefficient (Wildman–Crippen LogP) is 3.20. The fraction of sp³-hybridized carbons (Fsp3) is 0.389. The minimum absolute atomic E-state index is 0.140. The van der Waals surface area contributed by atoms with Crippen LogP contribution in [0.2, 0.25) is 5.02 Å². The second kappa shape index (κ2) is 8.75. The standard InChI is InChI=1S/C18H22ClNO3/c1-2-13(7-8-21)11-20-18(22)6-3-14-9-15-10-16(19)4-5-17(15)23-12-14/h3-6,9-10,13,21H,2,7-8,11-12H2,1H3,(H,20,22)/b6-3+. The van der Waals surface area contributed by atoms with E-state index < -0.39 is 0 Å². The second-order valence-corrected chi connectivity index (χ2v) is 5.99. The fourth-order valence-corrected chi connectivity index (χ4v) is 2.56. The molecule has 1 aromatic carbocycles. The Labute approximate surface area is 141 Å². The normalized spacial score (nSPS) is 14.8. The molecule has 0 aromatic heterocycles. The Kier molecular flexibility index (Phi) is 6.68. The molecule has 0 fully saturated rings. The number of hydrogen-bond acceptors (Lipinski definition) is 3. The molecule has 4 nitrogen and oxygen atoms in total. The van der Waals surface area contributed by atoms with Gasteiger partial charge in [-0.2, -0.15) is 0 Å².